The molecule has 0 spiro atoms. The van der Waals surface area contributed by atoms with Crippen LogP contribution in [0, 0.1) is 0 Å². The molecule has 1 atom stereocenters. The summed E-state index contributed by atoms with van der Waals surface area (Å²) in [4.78, 5) is 10.9. The number of halogens is 2. The predicted molar refractivity (Wildman–Crippen MR) is 72.8 cm³/mol. The molecule has 0 radical (unpaired) electrons. The van der Waals surface area contributed by atoms with E-state index in [2.05, 4.69) is 10.0 Å². The molecule has 19 heavy (non-hydrogen) atoms. The Morgan fingerprint density at radius 3 is 2.42 bits per heavy atom. The molecule has 1 aliphatic rings. The van der Waals surface area contributed by atoms with Crippen LogP contribution in [0.1, 0.15) is 12.8 Å². The number of benzene rings is 1. The molecule has 5 nitrogen and oxygen atoms in total. The number of piperidine rings is 1. The first-order chi connectivity index (χ1) is 8.90. The molecule has 0 aromatic heterocycles. The van der Waals surface area contributed by atoms with Crippen molar-refractivity contribution in [3.63, 3.8) is 0 Å². The van der Waals surface area contributed by atoms with Crippen molar-refractivity contribution in [2.75, 3.05) is 6.54 Å². The van der Waals surface area contributed by atoms with Crippen LogP contribution in [-0.2, 0) is 14.8 Å². The Kier molecular flexibility index (Phi) is 4.35. The van der Waals surface area contributed by atoms with Gasteiger partial charge in [0, 0.05) is 19.0 Å². The van der Waals surface area contributed by atoms with Crippen LogP contribution in [0.5, 0.6) is 0 Å². The van der Waals surface area contributed by atoms with Gasteiger partial charge in [0.2, 0.25) is 15.9 Å². The van der Waals surface area contributed by atoms with Gasteiger partial charge < -0.3 is 5.32 Å². The van der Waals surface area contributed by atoms with Gasteiger partial charge >= 0.3 is 0 Å². The van der Waals surface area contributed by atoms with Gasteiger partial charge in [-0.3, -0.25) is 4.79 Å². The molecule has 104 valence electrons. The Balaban J connectivity index is 2.21. The first kappa shape index (κ1) is 14.6. The number of amides is 1. The van der Waals surface area contributed by atoms with E-state index in [-0.39, 0.29) is 33.4 Å². The largest absolute Gasteiger partial charge is 0.355 e. The SMILES string of the molecule is O=C1CCC(NS(=O)(=O)c2c(Cl)cccc2Cl)CN1. The number of rotatable bonds is 3. The van der Waals surface area contributed by atoms with E-state index in [9.17, 15) is 13.2 Å². The average Bonchev–Trinajstić information content (AvgIpc) is 2.31. The molecule has 1 fully saturated rings. The summed E-state index contributed by atoms with van der Waals surface area (Å²) in [5.74, 6) is -0.0776. The molecule has 1 aliphatic heterocycles. The zero-order valence-electron chi connectivity index (χ0n) is 9.82. The van der Waals surface area contributed by atoms with E-state index in [1.54, 1.807) is 6.07 Å². The van der Waals surface area contributed by atoms with Crippen LogP contribution < -0.4 is 10.0 Å². The lowest BCUT2D eigenvalue weighted by molar-refractivity contribution is -0.122. The highest BCUT2D eigenvalue weighted by Gasteiger charge is 2.27. The molecule has 1 heterocycles. The van der Waals surface area contributed by atoms with Gasteiger partial charge in [-0.1, -0.05) is 29.3 Å². The highest BCUT2D eigenvalue weighted by Crippen LogP contribution is 2.29. The number of carbonyl (C=O) groups excluding carboxylic acids is 1. The highest BCUT2D eigenvalue weighted by molar-refractivity contribution is 7.89. The molecule has 1 unspecified atom stereocenters. The molecule has 8 heteroatoms. The van der Waals surface area contributed by atoms with Crippen LogP contribution in [0.15, 0.2) is 23.1 Å². The summed E-state index contributed by atoms with van der Waals surface area (Å²) in [5, 5.41) is 2.74. The maximum absolute atomic E-state index is 12.2. The van der Waals surface area contributed by atoms with Crippen molar-refractivity contribution in [1.82, 2.24) is 10.0 Å². The quantitative estimate of drug-likeness (QED) is 0.886. The lowest BCUT2D eigenvalue weighted by Crippen LogP contribution is -2.47. The van der Waals surface area contributed by atoms with E-state index in [1.165, 1.54) is 12.1 Å². The summed E-state index contributed by atoms with van der Waals surface area (Å²) in [6.45, 7) is 0.264. The van der Waals surface area contributed by atoms with E-state index in [1.807, 2.05) is 0 Å². The zero-order chi connectivity index (χ0) is 14.0. The predicted octanol–water partition coefficient (Wildman–Crippen LogP) is 1.55. The molecule has 2 N–H and O–H groups in total. The van der Waals surface area contributed by atoms with Gasteiger partial charge in [-0.25, -0.2) is 13.1 Å². The second-order valence-corrected chi connectivity index (χ2v) is 6.68. The van der Waals surface area contributed by atoms with Crippen molar-refractivity contribution in [1.29, 1.82) is 0 Å². The van der Waals surface area contributed by atoms with E-state index >= 15 is 0 Å². The van der Waals surface area contributed by atoms with Gasteiger partial charge in [-0.2, -0.15) is 0 Å². The monoisotopic (exact) mass is 322 g/mol. The minimum atomic E-state index is -3.80. The van der Waals surface area contributed by atoms with E-state index < -0.39 is 10.0 Å². The van der Waals surface area contributed by atoms with E-state index in [0.717, 1.165) is 0 Å². The van der Waals surface area contributed by atoms with Crippen molar-refractivity contribution in [2.45, 2.75) is 23.8 Å². The fourth-order valence-corrected chi connectivity index (χ4v) is 4.27. The molecular formula is C11H12Cl2N2O3S. The molecule has 2 rings (SSSR count). The maximum atomic E-state index is 12.2. The molecule has 0 aliphatic carbocycles. The molecular weight excluding hydrogens is 311 g/mol. The Bertz CT molecular complexity index is 574. The van der Waals surface area contributed by atoms with Crippen molar-refractivity contribution >= 4 is 39.1 Å². The molecule has 1 aromatic rings. The second kappa shape index (κ2) is 5.66. The van der Waals surface area contributed by atoms with Gasteiger partial charge in [0.25, 0.3) is 0 Å². The van der Waals surface area contributed by atoms with Crippen LogP contribution in [0.25, 0.3) is 0 Å². The maximum Gasteiger partial charge on any atom is 0.243 e. The smallest absolute Gasteiger partial charge is 0.243 e. The van der Waals surface area contributed by atoms with Gasteiger partial charge in [0.1, 0.15) is 4.90 Å². The average molecular weight is 323 g/mol. The summed E-state index contributed by atoms with van der Waals surface area (Å²) in [6, 6.07) is 4.15. The number of hydrogen-bond acceptors (Lipinski definition) is 3. The Morgan fingerprint density at radius 1 is 1.26 bits per heavy atom. The highest BCUT2D eigenvalue weighted by atomic mass is 35.5. The standard InChI is InChI=1S/C11H12Cl2N2O3S/c12-8-2-1-3-9(13)11(8)19(17,18)15-7-4-5-10(16)14-6-7/h1-3,7,15H,4-6H2,(H,14,16). The Morgan fingerprint density at radius 2 is 1.89 bits per heavy atom. The van der Waals surface area contributed by atoms with Crippen molar-refractivity contribution < 1.29 is 13.2 Å². The summed E-state index contributed by atoms with van der Waals surface area (Å²) < 4.78 is 27.0. The second-order valence-electron chi connectivity index (χ2n) is 4.21. The third kappa shape index (κ3) is 3.39. The van der Waals surface area contributed by atoms with Crippen molar-refractivity contribution in [3.05, 3.63) is 28.2 Å². The molecule has 1 aromatic carbocycles. The topological polar surface area (TPSA) is 75.3 Å². The van der Waals surface area contributed by atoms with Crippen LogP contribution in [0.4, 0.5) is 0 Å². The molecule has 1 saturated heterocycles. The van der Waals surface area contributed by atoms with Gasteiger partial charge in [-0.05, 0) is 18.6 Å². The van der Waals surface area contributed by atoms with Crippen LogP contribution in [0.2, 0.25) is 10.0 Å². The first-order valence-electron chi connectivity index (χ1n) is 5.63. The Labute approximate surface area is 121 Å². The van der Waals surface area contributed by atoms with Gasteiger partial charge in [0.05, 0.1) is 10.0 Å². The van der Waals surface area contributed by atoms with Gasteiger partial charge in [-0.15, -0.1) is 0 Å². The van der Waals surface area contributed by atoms with E-state index in [0.29, 0.717) is 12.8 Å². The molecule has 0 bridgehead atoms. The first-order valence-corrected chi connectivity index (χ1v) is 7.87. The zero-order valence-corrected chi connectivity index (χ0v) is 12.1. The number of sulfonamides is 1. The lowest BCUT2D eigenvalue weighted by atomic mass is 10.1. The summed E-state index contributed by atoms with van der Waals surface area (Å²) in [6.07, 6.45) is 0.747. The molecule has 1 amide bonds. The normalized spacial score (nSPS) is 20.1. The summed E-state index contributed by atoms with van der Waals surface area (Å²) >= 11 is 11.8. The third-order valence-corrected chi connectivity index (χ3v) is 5.25. The fraction of sp³-hybridized carbons (Fsp3) is 0.364. The molecule has 0 saturated carbocycles. The van der Waals surface area contributed by atoms with Crippen LogP contribution in [-0.4, -0.2) is 26.9 Å². The number of hydrogen-bond donors (Lipinski definition) is 2. The summed E-state index contributed by atoms with van der Waals surface area (Å²) in [7, 11) is -3.80. The third-order valence-electron chi connectivity index (χ3n) is 2.77. The number of nitrogens with one attached hydrogen (secondary N) is 2. The summed E-state index contributed by atoms with van der Waals surface area (Å²) in [5.41, 5.74) is 0. The Hall–Kier alpha value is -0.820. The minimum absolute atomic E-state index is 0.0693. The van der Waals surface area contributed by atoms with Crippen LogP contribution in [0.3, 0.4) is 0 Å². The van der Waals surface area contributed by atoms with Crippen molar-refractivity contribution in [3.8, 4) is 0 Å². The fourth-order valence-electron chi connectivity index (χ4n) is 1.85. The van der Waals surface area contributed by atoms with Crippen LogP contribution >= 0.6 is 23.2 Å². The minimum Gasteiger partial charge on any atom is -0.355 e. The lowest BCUT2D eigenvalue weighted by Gasteiger charge is -2.23. The van der Waals surface area contributed by atoms with Gasteiger partial charge in [0.15, 0.2) is 0 Å². The number of carbonyl (C=O) groups is 1. The van der Waals surface area contributed by atoms with Crippen molar-refractivity contribution in [2.24, 2.45) is 0 Å². The van der Waals surface area contributed by atoms with E-state index in [4.69, 9.17) is 23.2 Å².